The van der Waals surface area contributed by atoms with Crippen LogP contribution in [-0.4, -0.2) is 49.3 Å². The van der Waals surface area contributed by atoms with E-state index < -0.39 is 0 Å². The van der Waals surface area contributed by atoms with E-state index in [4.69, 9.17) is 16.3 Å². The van der Waals surface area contributed by atoms with Gasteiger partial charge in [0.15, 0.2) is 5.96 Å². The Bertz CT molecular complexity index is 417. The van der Waals surface area contributed by atoms with Gasteiger partial charge in [0, 0.05) is 39.6 Å². The SMILES string of the molecule is CCNC(=NCCOC)N(C)Cc1cc(Cl)cn1C. The molecule has 1 N–H and O–H groups in total. The van der Waals surface area contributed by atoms with Gasteiger partial charge in [-0.2, -0.15) is 0 Å². The smallest absolute Gasteiger partial charge is 0.194 e. The van der Waals surface area contributed by atoms with Gasteiger partial charge in [0.25, 0.3) is 0 Å². The van der Waals surface area contributed by atoms with Gasteiger partial charge in [-0.1, -0.05) is 11.6 Å². The number of ether oxygens (including phenoxy) is 1. The molecule has 0 aromatic carbocycles. The Kier molecular flexibility index (Phi) is 6.73. The molecule has 1 heterocycles. The fourth-order valence-electron chi connectivity index (χ4n) is 1.75. The highest BCUT2D eigenvalue weighted by atomic mass is 35.5. The van der Waals surface area contributed by atoms with Crippen LogP contribution < -0.4 is 5.32 Å². The van der Waals surface area contributed by atoms with Gasteiger partial charge in [0.1, 0.15) is 0 Å². The fraction of sp³-hybridized carbons (Fsp3) is 0.615. The molecular weight excluding hydrogens is 264 g/mol. The summed E-state index contributed by atoms with van der Waals surface area (Å²) in [5.74, 6) is 0.872. The van der Waals surface area contributed by atoms with E-state index in [0.29, 0.717) is 13.2 Å². The van der Waals surface area contributed by atoms with Crippen molar-refractivity contribution in [2.45, 2.75) is 13.5 Å². The Morgan fingerprint density at radius 3 is 2.84 bits per heavy atom. The lowest BCUT2D eigenvalue weighted by Gasteiger charge is -2.22. The number of halogens is 1. The molecule has 0 amide bonds. The second-order valence-corrected chi connectivity index (χ2v) is 4.78. The number of nitrogens with zero attached hydrogens (tertiary/aromatic N) is 3. The summed E-state index contributed by atoms with van der Waals surface area (Å²) in [6, 6.07) is 1.97. The number of hydrogen-bond donors (Lipinski definition) is 1. The number of methoxy groups -OCH3 is 1. The average Bonchev–Trinajstić information content (AvgIpc) is 2.67. The molecule has 0 unspecified atom stereocenters. The van der Waals surface area contributed by atoms with Crippen LogP contribution in [0.1, 0.15) is 12.6 Å². The van der Waals surface area contributed by atoms with Crippen molar-refractivity contribution >= 4 is 17.6 Å². The molecule has 0 aliphatic carbocycles. The Labute approximate surface area is 120 Å². The predicted molar refractivity (Wildman–Crippen MR) is 79.7 cm³/mol. The first kappa shape index (κ1) is 15.9. The molecule has 0 bridgehead atoms. The van der Waals surface area contributed by atoms with Gasteiger partial charge < -0.3 is 19.5 Å². The van der Waals surface area contributed by atoms with Crippen LogP contribution in [-0.2, 0) is 18.3 Å². The normalized spacial score (nSPS) is 11.7. The number of hydrogen-bond acceptors (Lipinski definition) is 2. The summed E-state index contributed by atoms with van der Waals surface area (Å²) in [6.07, 6.45) is 1.90. The molecule has 0 fully saturated rings. The molecule has 0 saturated heterocycles. The summed E-state index contributed by atoms with van der Waals surface area (Å²) in [5, 5.41) is 4.02. The maximum atomic E-state index is 5.99. The molecule has 5 nitrogen and oxygen atoms in total. The first-order chi connectivity index (χ1) is 9.08. The number of aromatic nitrogens is 1. The molecule has 0 aliphatic heterocycles. The molecule has 0 atom stereocenters. The Hall–Kier alpha value is -1.20. The van der Waals surface area contributed by atoms with Crippen LogP contribution in [0.5, 0.6) is 0 Å². The number of rotatable bonds is 6. The predicted octanol–water partition coefficient (Wildman–Crippen LogP) is 1.72. The van der Waals surface area contributed by atoms with Crippen molar-refractivity contribution in [2.24, 2.45) is 12.0 Å². The molecular formula is C13H23ClN4O. The highest BCUT2D eigenvalue weighted by Gasteiger charge is 2.09. The van der Waals surface area contributed by atoms with Gasteiger partial charge in [-0.05, 0) is 13.0 Å². The molecule has 1 aromatic heterocycles. The molecule has 0 radical (unpaired) electrons. The van der Waals surface area contributed by atoms with E-state index in [-0.39, 0.29) is 0 Å². The second kappa shape index (κ2) is 8.07. The zero-order chi connectivity index (χ0) is 14.3. The molecule has 19 heavy (non-hydrogen) atoms. The zero-order valence-corrected chi connectivity index (χ0v) is 12.9. The molecule has 1 rings (SSSR count). The Balaban J connectivity index is 2.68. The Morgan fingerprint density at radius 2 is 2.32 bits per heavy atom. The second-order valence-electron chi connectivity index (χ2n) is 4.35. The van der Waals surface area contributed by atoms with E-state index in [9.17, 15) is 0 Å². The third-order valence-corrected chi connectivity index (χ3v) is 2.93. The summed E-state index contributed by atoms with van der Waals surface area (Å²) in [6.45, 7) is 4.92. The van der Waals surface area contributed by atoms with E-state index in [2.05, 4.69) is 22.1 Å². The largest absolute Gasteiger partial charge is 0.383 e. The highest BCUT2D eigenvalue weighted by molar-refractivity contribution is 6.30. The van der Waals surface area contributed by atoms with E-state index in [0.717, 1.165) is 29.8 Å². The van der Waals surface area contributed by atoms with Crippen molar-refractivity contribution in [3.63, 3.8) is 0 Å². The van der Waals surface area contributed by atoms with Gasteiger partial charge in [0.05, 0.1) is 24.7 Å². The topological polar surface area (TPSA) is 41.8 Å². The van der Waals surface area contributed by atoms with Gasteiger partial charge in [0.2, 0.25) is 0 Å². The van der Waals surface area contributed by atoms with Crippen LogP contribution in [0.3, 0.4) is 0 Å². The maximum Gasteiger partial charge on any atom is 0.194 e. The highest BCUT2D eigenvalue weighted by Crippen LogP contribution is 2.14. The van der Waals surface area contributed by atoms with Gasteiger partial charge >= 0.3 is 0 Å². The van der Waals surface area contributed by atoms with Crippen molar-refractivity contribution in [1.29, 1.82) is 0 Å². The number of nitrogens with one attached hydrogen (secondary N) is 1. The summed E-state index contributed by atoms with van der Waals surface area (Å²) in [7, 11) is 5.68. The van der Waals surface area contributed by atoms with Crippen molar-refractivity contribution in [1.82, 2.24) is 14.8 Å². The first-order valence-corrected chi connectivity index (χ1v) is 6.75. The maximum absolute atomic E-state index is 5.99. The minimum Gasteiger partial charge on any atom is -0.383 e. The lowest BCUT2D eigenvalue weighted by atomic mass is 10.4. The van der Waals surface area contributed by atoms with Crippen LogP contribution in [0, 0.1) is 0 Å². The minimum atomic E-state index is 0.624. The van der Waals surface area contributed by atoms with Gasteiger partial charge in [-0.3, -0.25) is 4.99 Å². The van der Waals surface area contributed by atoms with Crippen molar-refractivity contribution in [3.8, 4) is 0 Å². The van der Waals surface area contributed by atoms with Crippen LogP contribution in [0.15, 0.2) is 17.3 Å². The van der Waals surface area contributed by atoms with Gasteiger partial charge in [-0.25, -0.2) is 0 Å². The van der Waals surface area contributed by atoms with Crippen LogP contribution >= 0.6 is 11.6 Å². The van der Waals surface area contributed by atoms with Crippen molar-refractivity contribution in [3.05, 3.63) is 23.0 Å². The van der Waals surface area contributed by atoms with Gasteiger partial charge in [-0.15, -0.1) is 0 Å². The van der Waals surface area contributed by atoms with E-state index in [1.54, 1.807) is 7.11 Å². The third-order valence-electron chi connectivity index (χ3n) is 2.73. The number of aryl methyl sites for hydroxylation is 1. The lowest BCUT2D eigenvalue weighted by Crippen LogP contribution is -2.39. The molecule has 0 aliphatic rings. The Morgan fingerprint density at radius 1 is 1.58 bits per heavy atom. The van der Waals surface area contributed by atoms with Crippen molar-refractivity contribution in [2.75, 3.05) is 33.9 Å². The van der Waals surface area contributed by atoms with Crippen LogP contribution in [0.4, 0.5) is 0 Å². The van der Waals surface area contributed by atoms with Crippen LogP contribution in [0.25, 0.3) is 0 Å². The summed E-state index contributed by atoms with van der Waals surface area (Å²) in [4.78, 5) is 6.57. The summed E-state index contributed by atoms with van der Waals surface area (Å²) in [5.41, 5.74) is 1.14. The lowest BCUT2D eigenvalue weighted by molar-refractivity contribution is 0.207. The fourth-order valence-corrected chi connectivity index (χ4v) is 2.03. The standard InChI is InChI=1S/C13H23ClN4O/c1-5-15-13(16-6-7-19-4)18(3)10-12-8-11(14)9-17(12)2/h8-9H,5-7,10H2,1-4H3,(H,15,16). The molecule has 108 valence electrons. The van der Waals surface area contributed by atoms with Crippen molar-refractivity contribution < 1.29 is 4.74 Å². The molecule has 1 aromatic rings. The van der Waals surface area contributed by atoms with Crippen LogP contribution in [0.2, 0.25) is 5.02 Å². The quantitative estimate of drug-likeness (QED) is 0.492. The molecule has 6 heteroatoms. The zero-order valence-electron chi connectivity index (χ0n) is 12.1. The van der Waals surface area contributed by atoms with E-state index >= 15 is 0 Å². The summed E-state index contributed by atoms with van der Waals surface area (Å²) < 4.78 is 7.04. The van der Waals surface area contributed by atoms with E-state index in [1.165, 1.54) is 0 Å². The third kappa shape index (κ3) is 5.12. The first-order valence-electron chi connectivity index (χ1n) is 6.37. The monoisotopic (exact) mass is 286 g/mol. The molecule has 0 spiro atoms. The summed E-state index contributed by atoms with van der Waals surface area (Å²) >= 11 is 5.99. The minimum absolute atomic E-state index is 0.624. The number of guanidine groups is 1. The average molecular weight is 287 g/mol. The molecule has 0 saturated carbocycles. The number of aliphatic imine (C=N–C) groups is 1. The van der Waals surface area contributed by atoms with E-state index in [1.807, 2.05) is 30.9 Å².